The van der Waals surface area contributed by atoms with Gasteiger partial charge in [0.25, 0.3) is 0 Å². The predicted octanol–water partition coefficient (Wildman–Crippen LogP) is 8.14. The van der Waals surface area contributed by atoms with Crippen molar-refractivity contribution in [2.75, 3.05) is 19.6 Å². The van der Waals surface area contributed by atoms with Gasteiger partial charge in [0.1, 0.15) is 11.5 Å². The molecule has 0 fully saturated rings. The van der Waals surface area contributed by atoms with Crippen LogP contribution in [-0.2, 0) is 0 Å². The second-order valence-electron chi connectivity index (χ2n) is 8.77. The number of para-hydroxylation sites is 1. The van der Waals surface area contributed by atoms with E-state index in [1.54, 1.807) is 0 Å². The zero-order valence-corrected chi connectivity index (χ0v) is 21.1. The van der Waals surface area contributed by atoms with Crippen LogP contribution in [0.2, 0.25) is 0 Å². The molecule has 3 nitrogen and oxygen atoms in total. The fourth-order valence-electron chi connectivity index (χ4n) is 4.58. The number of aliphatic hydroxyl groups is 1. The molecular formula is C30H36ClNO2. The molecule has 4 aromatic carbocycles. The van der Waals surface area contributed by atoms with Gasteiger partial charge in [0, 0.05) is 17.5 Å². The molecule has 0 aliphatic heterocycles. The number of unbranched alkanes of at least 4 members (excludes halogenated alkanes) is 2. The van der Waals surface area contributed by atoms with Gasteiger partial charge in [-0.05, 0) is 54.2 Å². The molecule has 0 saturated carbocycles. The first kappa shape index (κ1) is 26.0. The summed E-state index contributed by atoms with van der Waals surface area (Å²) < 4.78 is 6.52. The third kappa shape index (κ3) is 5.90. The highest BCUT2D eigenvalue weighted by atomic mass is 35.5. The summed E-state index contributed by atoms with van der Waals surface area (Å²) in [7, 11) is 0. The van der Waals surface area contributed by atoms with E-state index in [4.69, 9.17) is 4.74 Å². The average molecular weight is 478 g/mol. The largest absolute Gasteiger partial charge is 0.456 e. The van der Waals surface area contributed by atoms with E-state index in [1.165, 1.54) is 0 Å². The van der Waals surface area contributed by atoms with Gasteiger partial charge in [-0.1, -0.05) is 93.4 Å². The molecular weight excluding hydrogens is 442 g/mol. The first-order valence-corrected chi connectivity index (χ1v) is 12.3. The molecule has 0 aliphatic carbocycles. The topological polar surface area (TPSA) is 32.7 Å². The number of hydrogen-bond acceptors (Lipinski definition) is 3. The molecule has 0 bridgehead atoms. The van der Waals surface area contributed by atoms with Crippen LogP contribution < -0.4 is 4.74 Å². The zero-order chi connectivity index (χ0) is 23.0. The Morgan fingerprint density at radius 2 is 1.21 bits per heavy atom. The quantitative estimate of drug-likeness (QED) is 0.221. The van der Waals surface area contributed by atoms with Crippen LogP contribution >= 0.6 is 12.4 Å². The van der Waals surface area contributed by atoms with Crippen LogP contribution in [0.15, 0.2) is 78.9 Å². The molecule has 0 saturated heterocycles. The minimum absolute atomic E-state index is 0. The standard InChI is InChI=1S/C30H35NO2.ClH/c1-3-5-20-31(21-6-4-2)22-28(32)29-26-18-12-10-16-24(26)25-17-11-13-19-27(25)30(29)33-23-14-8-7-9-15-23;/h7-19,28,32H,3-6,20-22H2,1-2H3;1H. The Morgan fingerprint density at radius 3 is 1.79 bits per heavy atom. The van der Waals surface area contributed by atoms with Crippen LogP contribution in [0.1, 0.15) is 51.2 Å². The van der Waals surface area contributed by atoms with E-state index in [1.807, 2.05) is 42.5 Å². The van der Waals surface area contributed by atoms with Crippen molar-refractivity contribution >= 4 is 34.0 Å². The van der Waals surface area contributed by atoms with Crippen LogP contribution in [-0.4, -0.2) is 29.6 Å². The van der Waals surface area contributed by atoms with Crippen LogP contribution in [0.3, 0.4) is 0 Å². The van der Waals surface area contributed by atoms with E-state index in [-0.39, 0.29) is 12.4 Å². The molecule has 4 aromatic rings. The van der Waals surface area contributed by atoms with Crippen molar-refractivity contribution in [2.45, 2.75) is 45.6 Å². The number of halogens is 1. The Labute approximate surface area is 209 Å². The fraction of sp³-hybridized carbons (Fsp3) is 0.333. The molecule has 4 heteroatoms. The lowest BCUT2D eigenvalue weighted by Gasteiger charge is -2.27. The lowest BCUT2D eigenvalue weighted by Crippen LogP contribution is -2.31. The van der Waals surface area contributed by atoms with Gasteiger partial charge in [-0.15, -0.1) is 12.4 Å². The van der Waals surface area contributed by atoms with Crippen LogP contribution in [0, 0.1) is 0 Å². The first-order valence-electron chi connectivity index (χ1n) is 12.3. The smallest absolute Gasteiger partial charge is 0.141 e. The molecule has 34 heavy (non-hydrogen) atoms. The predicted molar refractivity (Wildman–Crippen MR) is 146 cm³/mol. The van der Waals surface area contributed by atoms with Crippen molar-refractivity contribution in [2.24, 2.45) is 0 Å². The Hall–Kier alpha value is -2.59. The number of ether oxygens (including phenoxy) is 1. The number of benzene rings is 4. The van der Waals surface area contributed by atoms with Gasteiger partial charge in [-0.2, -0.15) is 0 Å². The van der Waals surface area contributed by atoms with Crippen molar-refractivity contribution in [3.63, 3.8) is 0 Å². The summed E-state index contributed by atoms with van der Waals surface area (Å²) in [5.41, 5.74) is 0.881. The normalized spacial score (nSPS) is 12.1. The van der Waals surface area contributed by atoms with Crippen molar-refractivity contribution in [1.29, 1.82) is 0 Å². The summed E-state index contributed by atoms with van der Waals surface area (Å²) in [4.78, 5) is 2.41. The molecule has 1 N–H and O–H groups in total. The van der Waals surface area contributed by atoms with Crippen LogP contribution in [0.25, 0.3) is 21.5 Å². The maximum Gasteiger partial charge on any atom is 0.141 e. The summed E-state index contributed by atoms with van der Waals surface area (Å²) in [6.45, 7) is 7.06. The molecule has 1 atom stereocenters. The zero-order valence-electron chi connectivity index (χ0n) is 20.2. The van der Waals surface area contributed by atoms with Crippen LogP contribution in [0.5, 0.6) is 11.5 Å². The summed E-state index contributed by atoms with van der Waals surface area (Å²) in [6.07, 6.45) is 3.94. The number of nitrogens with zero attached hydrogens (tertiary/aromatic N) is 1. The van der Waals surface area contributed by atoms with Gasteiger partial charge < -0.3 is 14.7 Å². The first-order chi connectivity index (χ1) is 16.2. The lowest BCUT2D eigenvalue weighted by atomic mass is 9.92. The van der Waals surface area contributed by atoms with Gasteiger partial charge in [0.05, 0.1) is 6.10 Å². The molecule has 0 amide bonds. The summed E-state index contributed by atoms with van der Waals surface area (Å²) in [6, 6.07) is 26.6. The average Bonchev–Trinajstić information content (AvgIpc) is 2.86. The second kappa shape index (κ2) is 12.8. The summed E-state index contributed by atoms with van der Waals surface area (Å²) >= 11 is 0. The minimum atomic E-state index is -0.646. The third-order valence-electron chi connectivity index (χ3n) is 6.31. The fourth-order valence-corrected chi connectivity index (χ4v) is 4.58. The van der Waals surface area contributed by atoms with Gasteiger partial charge >= 0.3 is 0 Å². The van der Waals surface area contributed by atoms with E-state index < -0.39 is 6.10 Å². The molecule has 0 heterocycles. The minimum Gasteiger partial charge on any atom is -0.456 e. The van der Waals surface area contributed by atoms with Gasteiger partial charge in [0.2, 0.25) is 0 Å². The number of hydrogen-bond donors (Lipinski definition) is 1. The molecule has 0 spiro atoms. The number of aliphatic hydroxyl groups excluding tert-OH is 1. The molecule has 1 unspecified atom stereocenters. The van der Waals surface area contributed by atoms with E-state index in [0.717, 1.165) is 77.4 Å². The highest BCUT2D eigenvalue weighted by Gasteiger charge is 2.23. The highest BCUT2D eigenvalue weighted by molar-refractivity contribution is 6.12. The molecule has 0 aromatic heterocycles. The van der Waals surface area contributed by atoms with Gasteiger partial charge in [-0.25, -0.2) is 0 Å². The van der Waals surface area contributed by atoms with Crippen molar-refractivity contribution in [1.82, 2.24) is 4.90 Å². The van der Waals surface area contributed by atoms with Gasteiger partial charge in [0.15, 0.2) is 0 Å². The molecule has 4 rings (SSSR count). The van der Waals surface area contributed by atoms with Crippen molar-refractivity contribution in [3.05, 3.63) is 84.4 Å². The molecule has 0 radical (unpaired) electrons. The third-order valence-corrected chi connectivity index (χ3v) is 6.31. The van der Waals surface area contributed by atoms with E-state index >= 15 is 0 Å². The maximum absolute atomic E-state index is 11.7. The second-order valence-corrected chi connectivity index (χ2v) is 8.77. The van der Waals surface area contributed by atoms with E-state index in [2.05, 4.69) is 55.1 Å². The Bertz CT molecular complexity index is 1170. The van der Waals surface area contributed by atoms with Gasteiger partial charge in [-0.3, -0.25) is 0 Å². The Morgan fingerprint density at radius 1 is 0.706 bits per heavy atom. The SMILES string of the molecule is CCCCN(CCCC)CC(O)c1c(Oc2ccccc2)c2ccccc2c2ccccc12.Cl. The number of rotatable bonds is 11. The molecule has 180 valence electrons. The maximum atomic E-state index is 11.7. The number of fused-ring (bicyclic) bond motifs is 3. The Balaban J connectivity index is 0.00000324. The summed E-state index contributed by atoms with van der Waals surface area (Å²) in [5, 5.41) is 16.1. The highest BCUT2D eigenvalue weighted by Crippen LogP contribution is 2.43. The monoisotopic (exact) mass is 477 g/mol. The Kier molecular flexibility index (Phi) is 9.76. The van der Waals surface area contributed by atoms with Crippen molar-refractivity contribution < 1.29 is 9.84 Å². The van der Waals surface area contributed by atoms with Crippen LogP contribution in [0.4, 0.5) is 0 Å². The summed E-state index contributed by atoms with van der Waals surface area (Å²) in [5.74, 6) is 1.54. The van der Waals surface area contributed by atoms with E-state index in [0.29, 0.717) is 6.54 Å². The lowest BCUT2D eigenvalue weighted by molar-refractivity contribution is 0.110. The van der Waals surface area contributed by atoms with Crippen molar-refractivity contribution in [3.8, 4) is 11.5 Å². The van der Waals surface area contributed by atoms with E-state index in [9.17, 15) is 5.11 Å². The molecule has 0 aliphatic rings.